The van der Waals surface area contributed by atoms with Gasteiger partial charge in [-0.05, 0) is 32.3 Å². The molecule has 1 aromatic rings. The van der Waals surface area contributed by atoms with Crippen LogP contribution in [0.2, 0.25) is 0 Å². The number of carbonyl (C=O) groups is 1. The molecule has 118 valence electrons. The summed E-state index contributed by atoms with van der Waals surface area (Å²) in [6.45, 7) is 2.58. The van der Waals surface area contributed by atoms with Crippen LogP contribution in [0.1, 0.15) is 38.2 Å². The Bertz CT molecular complexity index is 566. The maximum Gasteiger partial charge on any atom is 0.305 e. The van der Waals surface area contributed by atoms with Gasteiger partial charge in [-0.2, -0.15) is 5.26 Å². The number of hydrogen-bond acceptors (Lipinski definition) is 6. The van der Waals surface area contributed by atoms with Crippen molar-refractivity contribution in [3.05, 3.63) is 33.9 Å². The zero-order valence-corrected chi connectivity index (χ0v) is 12.4. The predicted molar refractivity (Wildman–Crippen MR) is 78.4 cm³/mol. The standard InChI is InChI=1S/C15H18N2O5/c1-2-21-15(18)6-4-3-5-9-22-13-7-8-14(17(19)20)12(10-13)11-16/h7-8,10H,2-6,9H2,1H3. The summed E-state index contributed by atoms with van der Waals surface area (Å²) in [4.78, 5) is 21.2. The number of rotatable bonds is 9. The molecule has 0 fully saturated rings. The van der Waals surface area contributed by atoms with Gasteiger partial charge in [-0.25, -0.2) is 0 Å². The Kier molecular flexibility index (Phi) is 7.40. The Morgan fingerprint density at radius 3 is 2.77 bits per heavy atom. The number of hydrogen-bond donors (Lipinski definition) is 0. The summed E-state index contributed by atoms with van der Waals surface area (Å²) in [7, 11) is 0. The smallest absolute Gasteiger partial charge is 0.305 e. The zero-order valence-electron chi connectivity index (χ0n) is 12.4. The van der Waals surface area contributed by atoms with E-state index >= 15 is 0 Å². The minimum absolute atomic E-state index is 0.0233. The molecule has 0 aliphatic carbocycles. The first-order valence-corrected chi connectivity index (χ1v) is 7.05. The number of nitriles is 1. The number of nitrogens with zero attached hydrogens (tertiary/aromatic N) is 2. The second-order valence-corrected chi connectivity index (χ2v) is 4.51. The predicted octanol–water partition coefficient (Wildman–Crippen LogP) is 2.97. The topological polar surface area (TPSA) is 102 Å². The Balaban J connectivity index is 2.33. The molecule has 0 aromatic heterocycles. The fraction of sp³-hybridized carbons (Fsp3) is 0.467. The van der Waals surface area contributed by atoms with Crippen molar-refractivity contribution < 1.29 is 19.2 Å². The van der Waals surface area contributed by atoms with Crippen molar-refractivity contribution in [3.63, 3.8) is 0 Å². The summed E-state index contributed by atoms with van der Waals surface area (Å²) in [6.07, 6.45) is 2.69. The minimum Gasteiger partial charge on any atom is -0.494 e. The van der Waals surface area contributed by atoms with Crippen molar-refractivity contribution >= 4 is 11.7 Å². The molecule has 0 saturated heterocycles. The van der Waals surface area contributed by atoms with E-state index in [4.69, 9.17) is 14.7 Å². The molecule has 0 radical (unpaired) electrons. The second-order valence-electron chi connectivity index (χ2n) is 4.51. The average Bonchev–Trinajstić information content (AvgIpc) is 2.50. The van der Waals surface area contributed by atoms with Gasteiger partial charge in [0.2, 0.25) is 0 Å². The first-order chi connectivity index (χ1) is 10.6. The van der Waals surface area contributed by atoms with Crippen molar-refractivity contribution in [1.82, 2.24) is 0 Å². The number of benzene rings is 1. The van der Waals surface area contributed by atoms with Gasteiger partial charge in [0, 0.05) is 18.6 Å². The normalized spacial score (nSPS) is 9.82. The molecule has 7 heteroatoms. The highest BCUT2D eigenvalue weighted by Crippen LogP contribution is 2.23. The third-order valence-corrected chi connectivity index (χ3v) is 2.88. The number of nitro groups is 1. The quantitative estimate of drug-likeness (QED) is 0.301. The molecule has 0 unspecified atom stereocenters. The Morgan fingerprint density at radius 1 is 1.36 bits per heavy atom. The Hall–Kier alpha value is -2.62. The SMILES string of the molecule is CCOC(=O)CCCCCOc1ccc([N+](=O)[O-])c(C#N)c1. The molecule has 0 bridgehead atoms. The van der Waals surface area contributed by atoms with Crippen LogP contribution < -0.4 is 4.74 Å². The fourth-order valence-corrected chi connectivity index (χ4v) is 1.83. The zero-order chi connectivity index (χ0) is 16.4. The van der Waals surface area contributed by atoms with Crippen molar-refractivity contribution in [2.45, 2.75) is 32.6 Å². The molecule has 0 saturated carbocycles. The Morgan fingerprint density at radius 2 is 2.14 bits per heavy atom. The monoisotopic (exact) mass is 306 g/mol. The van der Waals surface area contributed by atoms with Crippen LogP contribution in [0.4, 0.5) is 5.69 Å². The Labute approximate surface area is 128 Å². The van der Waals surface area contributed by atoms with Crippen LogP contribution in [0, 0.1) is 21.4 Å². The number of esters is 1. The third kappa shape index (κ3) is 5.79. The van der Waals surface area contributed by atoms with E-state index in [9.17, 15) is 14.9 Å². The highest BCUT2D eigenvalue weighted by molar-refractivity contribution is 5.69. The highest BCUT2D eigenvalue weighted by atomic mass is 16.6. The van der Waals surface area contributed by atoms with Gasteiger partial charge >= 0.3 is 5.97 Å². The second kappa shape index (κ2) is 9.34. The lowest BCUT2D eigenvalue weighted by molar-refractivity contribution is -0.385. The largest absolute Gasteiger partial charge is 0.494 e. The van der Waals surface area contributed by atoms with Gasteiger partial charge in [-0.15, -0.1) is 0 Å². The maximum atomic E-state index is 11.1. The van der Waals surface area contributed by atoms with E-state index in [1.54, 1.807) is 13.0 Å². The lowest BCUT2D eigenvalue weighted by Gasteiger charge is -2.06. The van der Waals surface area contributed by atoms with Gasteiger partial charge in [0.15, 0.2) is 0 Å². The van der Waals surface area contributed by atoms with Gasteiger partial charge < -0.3 is 9.47 Å². The van der Waals surface area contributed by atoms with Crippen LogP contribution in [0.15, 0.2) is 18.2 Å². The fourth-order valence-electron chi connectivity index (χ4n) is 1.83. The molecule has 0 heterocycles. The van der Waals surface area contributed by atoms with Crippen LogP contribution in [0.3, 0.4) is 0 Å². The first-order valence-electron chi connectivity index (χ1n) is 7.05. The van der Waals surface area contributed by atoms with Crippen LogP contribution in [-0.4, -0.2) is 24.1 Å². The number of carbonyl (C=O) groups excluding carboxylic acids is 1. The van der Waals surface area contributed by atoms with Gasteiger partial charge in [0.25, 0.3) is 5.69 Å². The summed E-state index contributed by atoms with van der Waals surface area (Å²) in [5.74, 6) is 0.227. The molecule has 0 aliphatic heterocycles. The van der Waals surface area contributed by atoms with Crippen molar-refractivity contribution in [2.75, 3.05) is 13.2 Å². The average molecular weight is 306 g/mol. The molecule has 1 aromatic carbocycles. The van der Waals surface area contributed by atoms with Gasteiger partial charge in [-0.3, -0.25) is 14.9 Å². The molecule has 1 rings (SSSR count). The number of ether oxygens (including phenoxy) is 2. The van der Waals surface area contributed by atoms with E-state index in [0.29, 0.717) is 25.4 Å². The first kappa shape index (κ1) is 17.4. The summed E-state index contributed by atoms with van der Waals surface area (Å²) in [5, 5.41) is 19.6. The summed E-state index contributed by atoms with van der Waals surface area (Å²) < 4.78 is 10.3. The van der Waals surface area contributed by atoms with E-state index in [-0.39, 0.29) is 17.2 Å². The van der Waals surface area contributed by atoms with Crippen molar-refractivity contribution in [3.8, 4) is 11.8 Å². The van der Waals surface area contributed by atoms with E-state index in [2.05, 4.69) is 0 Å². The van der Waals surface area contributed by atoms with Crippen LogP contribution in [-0.2, 0) is 9.53 Å². The summed E-state index contributed by atoms with van der Waals surface area (Å²) in [5.41, 5.74) is -0.255. The lowest BCUT2D eigenvalue weighted by atomic mass is 10.2. The van der Waals surface area contributed by atoms with Crippen LogP contribution in [0.25, 0.3) is 0 Å². The van der Waals surface area contributed by atoms with E-state index in [1.165, 1.54) is 18.2 Å². The molecule has 0 N–H and O–H groups in total. The van der Waals surface area contributed by atoms with Gasteiger partial charge in [-0.1, -0.05) is 0 Å². The lowest BCUT2D eigenvalue weighted by Crippen LogP contribution is -2.04. The van der Waals surface area contributed by atoms with Crippen LogP contribution >= 0.6 is 0 Å². The van der Waals surface area contributed by atoms with E-state index in [0.717, 1.165) is 19.3 Å². The molecular formula is C15H18N2O5. The number of unbranched alkanes of at least 4 members (excludes halogenated alkanes) is 2. The summed E-state index contributed by atoms with van der Waals surface area (Å²) in [6, 6.07) is 5.87. The van der Waals surface area contributed by atoms with Gasteiger partial charge in [0.1, 0.15) is 17.4 Å². The third-order valence-electron chi connectivity index (χ3n) is 2.88. The summed E-state index contributed by atoms with van der Waals surface area (Å²) >= 11 is 0. The van der Waals surface area contributed by atoms with E-state index in [1.807, 2.05) is 0 Å². The molecule has 7 nitrogen and oxygen atoms in total. The molecule has 0 spiro atoms. The van der Waals surface area contributed by atoms with Crippen LogP contribution in [0.5, 0.6) is 5.75 Å². The van der Waals surface area contributed by atoms with Gasteiger partial charge in [0.05, 0.1) is 18.1 Å². The van der Waals surface area contributed by atoms with Crippen molar-refractivity contribution in [2.24, 2.45) is 0 Å². The highest BCUT2D eigenvalue weighted by Gasteiger charge is 2.14. The van der Waals surface area contributed by atoms with Crippen molar-refractivity contribution in [1.29, 1.82) is 5.26 Å². The molecule has 22 heavy (non-hydrogen) atoms. The minimum atomic E-state index is -0.599. The molecule has 0 aliphatic rings. The molecule has 0 amide bonds. The molecule has 0 atom stereocenters. The molecular weight excluding hydrogens is 288 g/mol. The number of nitro benzene ring substituents is 1. The van der Waals surface area contributed by atoms with E-state index < -0.39 is 4.92 Å². The maximum absolute atomic E-state index is 11.1.